The highest BCUT2D eigenvalue weighted by molar-refractivity contribution is 6.31. The van der Waals surface area contributed by atoms with Gasteiger partial charge in [-0.15, -0.1) is 0 Å². The molecule has 0 bridgehead atoms. The molecule has 1 N–H and O–H groups in total. The topological polar surface area (TPSA) is 12.0 Å². The van der Waals surface area contributed by atoms with Gasteiger partial charge < -0.3 is 5.32 Å². The lowest BCUT2D eigenvalue weighted by molar-refractivity contribution is 0.268. The van der Waals surface area contributed by atoms with Gasteiger partial charge in [0.2, 0.25) is 0 Å². The highest BCUT2D eigenvalue weighted by Gasteiger charge is 2.22. The molecule has 3 heteroatoms. The van der Waals surface area contributed by atoms with Crippen molar-refractivity contribution >= 4 is 11.6 Å². The second kappa shape index (κ2) is 5.83. The van der Waals surface area contributed by atoms with Gasteiger partial charge in [-0.1, -0.05) is 44.5 Å². The summed E-state index contributed by atoms with van der Waals surface area (Å²) < 4.78 is 13.3. The molecule has 0 heterocycles. The average molecular weight is 258 g/mol. The molecule has 1 unspecified atom stereocenters. The van der Waals surface area contributed by atoms with Gasteiger partial charge in [-0.25, -0.2) is 4.39 Å². The lowest BCUT2D eigenvalue weighted by Gasteiger charge is -2.30. The third kappa shape index (κ3) is 3.97. The van der Waals surface area contributed by atoms with E-state index in [1.165, 1.54) is 6.07 Å². The van der Waals surface area contributed by atoms with Gasteiger partial charge in [-0.3, -0.25) is 0 Å². The number of aryl methyl sites for hydroxylation is 1. The van der Waals surface area contributed by atoms with Crippen LogP contribution in [0.25, 0.3) is 0 Å². The molecule has 0 saturated carbocycles. The molecule has 0 amide bonds. The summed E-state index contributed by atoms with van der Waals surface area (Å²) in [6.07, 6.45) is 1.74. The molecular weight excluding hydrogens is 237 g/mol. The van der Waals surface area contributed by atoms with Gasteiger partial charge in [0.25, 0.3) is 0 Å². The molecule has 0 aliphatic heterocycles. The summed E-state index contributed by atoms with van der Waals surface area (Å²) in [5.74, 6) is -0.332. The van der Waals surface area contributed by atoms with Crippen LogP contribution in [0.4, 0.5) is 4.39 Å². The Balaban J connectivity index is 2.70. The lowest BCUT2D eigenvalue weighted by atomic mass is 9.83. The Morgan fingerprint density at radius 3 is 2.53 bits per heavy atom. The first-order chi connectivity index (χ1) is 7.86. The largest absolute Gasteiger partial charge is 0.316 e. The molecule has 1 aromatic rings. The summed E-state index contributed by atoms with van der Waals surface area (Å²) in [5.41, 5.74) is 1.07. The van der Waals surface area contributed by atoms with Crippen molar-refractivity contribution in [1.29, 1.82) is 0 Å². The SMILES string of the molecule is CNC(CCc1cccc(F)c1Cl)C(C)(C)C. The van der Waals surface area contributed by atoms with E-state index in [-0.39, 0.29) is 16.3 Å². The average Bonchev–Trinajstić information content (AvgIpc) is 2.23. The van der Waals surface area contributed by atoms with Crippen molar-refractivity contribution in [3.63, 3.8) is 0 Å². The lowest BCUT2D eigenvalue weighted by Crippen LogP contribution is -2.38. The van der Waals surface area contributed by atoms with Gasteiger partial charge in [0.15, 0.2) is 0 Å². The molecule has 0 saturated heterocycles. The van der Waals surface area contributed by atoms with Crippen molar-refractivity contribution in [3.05, 3.63) is 34.6 Å². The Hall–Kier alpha value is -0.600. The zero-order valence-electron chi connectivity index (χ0n) is 11.0. The molecule has 0 radical (unpaired) electrons. The summed E-state index contributed by atoms with van der Waals surface area (Å²) in [6, 6.07) is 5.38. The van der Waals surface area contributed by atoms with Crippen LogP contribution < -0.4 is 5.32 Å². The molecule has 1 rings (SSSR count). The van der Waals surface area contributed by atoms with E-state index in [4.69, 9.17) is 11.6 Å². The van der Waals surface area contributed by atoms with Crippen molar-refractivity contribution in [3.8, 4) is 0 Å². The molecule has 0 fully saturated rings. The molecule has 1 aromatic carbocycles. The van der Waals surface area contributed by atoms with Gasteiger partial charge in [0.1, 0.15) is 5.82 Å². The Labute approximate surface area is 108 Å². The number of hydrogen-bond acceptors (Lipinski definition) is 1. The minimum atomic E-state index is -0.332. The second-order valence-corrected chi connectivity index (χ2v) is 5.84. The molecule has 17 heavy (non-hydrogen) atoms. The van der Waals surface area contributed by atoms with E-state index < -0.39 is 0 Å². The van der Waals surface area contributed by atoms with E-state index in [1.54, 1.807) is 6.07 Å². The summed E-state index contributed by atoms with van der Waals surface area (Å²) in [7, 11) is 1.96. The first-order valence-electron chi connectivity index (χ1n) is 5.96. The van der Waals surface area contributed by atoms with Crippen LogP contribution in [0.15, 0.2) is 18.2 Å². The molecular formula is C14H21ClFN. The molecule has 1 atom stereocenters. The molecule has 0 aliphatic carbocycles. The Morgan fingerprint density at radius 2 is 2.00 bits per heavy atom. The number of rotatable bonds is 4. The van der Waals surface area contributed by atoms with Crippen molar-refractivity contribution in [2.45, 2.75) is 39.7 Å². The number of halogens is 2. The van der Waals surface area contributed by atoms with Crippen LogP contribution in [0, 0.1) is 11.2 Å². The van der Waals surface area contributed by atoms with Crippen LogP contribution in [0.3, 0.4) is 0 Å². The molecule has 0 aromatic heterocycles. The molecule has 96 valence electrons. The second-order valence-electron chi connectivity index (χ2n) is 5.46. The Kier molecular flexibility index (Phi) is 4.96. The standard InChI is InChI=1S/C14H21ClFN/c1-14(2,3)12(17-4)9-8-10-6-5-7-11(16)13(10)15/h5-7,12,17H,8-9H2,1-4H3. The third-order valence-electron chi connectivity index (χ3n) is 3.13. The smallest absolute Gasteiger partial charge is 0.142 e. The van der Waals surface area contributed by atoms with Crippen LogP contribution in [0.2, 0.25) is 5.02 Å². The Morgan fingerprint density at radius 1 is 1.35 bits per heavy atom. The quantitative estimate of drug-likeness (QED) is 0.858. The van der Waals surface area contributed by atoms with E-state index in [0.29, 0.717) is 6.04 Å². The monoisotopic (exact) mass is 257 g/mol. The molecule has 0 spiro atoms. The zero-order chi connectivity index (χ0) is 13.1. The van der Waals surface area contributed by atoms with Crippen LogP contribution in [-0.2, 0) is 6.42 Å². The van der Waals surface area contributed by atoms with E-state index in [2.05, 4.69) is 26.1 Å². The van der Waals surface area contributed by atoms with Crippen LogP contribution in [0.5, 0.6) is 0 Å². The fourth-order valence-electron chi connectivity index (χ4n) is 2.05. The third-order valence-corrected chi connectivity index (χ3v) is 3.55. The molecule has 0 aliphatic rings. The summed E-state index contributed by atoms with van der Waals surface area (Å²) in [6.45, 7) is 6.59. The Bertz CT molecular complexity index is 371. The number of hydrogen-bond donors (Lipinski definition) is 1. The van der Waals surface area contributed by atoms with Gasteiger partial charge in [-0.2, -0.15) is 0 Å². The van der Waals surface area contributed by atoms with Crippen LogP contribution in [-0.4, -0.2) is 13.1 Å². The van der Waals surface area contributed by atoms with Crippen molar-refractivity contribution < 1.29 is 4.39 Å². The maximum Gasteiger partial charge on any atom is 0.142 e. The maximum absolute atomic E-state index is 13.3. The van der Waals surface area contributed by atoms with E-state index in [9.17, 15) is 4.39 Å². The summed E-state index contributed by atoms with van der Waals surface area (Å²) in [5, 5.41) is 3.57. The van der Waals surface area contributed by atoms with E-state index in [0.717, 1.165) is 18.4 Å². The predicted molar refractivity (Wildman–Crippen MR) is 72.0 cm³/mol. The zero-order valence-corrected chi connectivity index (χ0v) is 11.7. The molecule has 1 nitrogen and oxygen atoms in total. The van der Waals surface area contributed by atoms with Crippen molar-refractivity contribution in [1.82, 2.24) is 5.32 Å². The van der Waals surface area contributed by atoms with E-state index >= 15 is 0 Å². The van der Waals surface area contributed by atoms with Gasteiger partial charge in [0, 0.05) is 6.04 Å². The minimum Gasteiger partial charge on any atom is -0.316 e. The van der Waals surface area contributed by atoms with E-state index in [1.807, 2.05) is 13.1 Å². The fourth-order valence-corrected chi connectivity index (χ4v) is 2.27. The van der Waals surface area contributed by atoms with Gasteiger partial charge in [-0.05, 0) is 36.9 Å². The highest BCUT2D eigenvalue weighted by Crippen LogP contribution is 2.26. The first-order valence-corrected chi connectivity index (χ1v) is 6.34. The van der Waals surface area contributed by atoms with Crippen molar-refractivity contribution in [2.24, 2.45) is 5.41 Å². The minimum absolute atomic E-state index is 0.189. The normalized spacial score (nSPS) is 13.8. The maximum atomic E-state index is 13.3. The van der Waals surface area contributed by atoms with Gasteiger partial charge >= 0.3 is 0 Å². The number of nitrogens with one attached hydrogen (secondary N) is 1. The first kappa shape index (κ1) is 14.5. The summed E-state index contributed by atoms with van der Waals surface area (Å²) in [4.78, 5) is 0. The number of benzene rings is 1. The fraction of sp³-hybridized carbons (Fsp3) is 0.571. The highest BCUT2D eigenvalue weighted by atomic mass is 35.5. The van der Waals surface area contributed by atoms with Gasteiger partial charge in [0.05, 0.1) is 5.02 Å². The summed E-state index contributed by atoms with van der Waals surface area (Å²) >= 11 is 5.94. The van der Waals surface area contributed by atoms with Crippen LogP contribution in [0.1, 0.15) is 32.8 Å². The van der Waals surface area contributed by atoms with Crippen molar-refractivity contribution in [2.75, 3.05) is 7.05 Å². The predicted octanol–water partition coefficient (Wildman–Crippen LogP) is 4.05. The van der Waals surface area contributed by atoms with Crippen LogP contribution >= 0.6 is 11.6 Å².